The minimum Gasteiger partial charge on any atom is -0.387 e. The summed E-state index contributed by atoms with van der Waals surface area (Å²) in [6.45, 7) is 0.458. The first-order valence-corrected chi connectivity index (χ1v) is 12.7. The molecule has 1 aromatic heterocycles. The molecule has 1 aliphatic rings. The van der Waals surface area contributed by atoms with Crippen molar-refractivity contribution in [1.29, 1.82) is 0 Å². The smallest absolute Gasteiger partial charge is 0.387 e. The number of aliphatic hydroxyl groups excluding tert-OH is 2. The van der Waals surface area contributed by atoms with Gasteiger partial charge in [-0.15, -0.1) is 0 Å². The quantitative estimate of drug-likeness (QED) is 0.177. The number of rotatable bonds is 9. The van der Waals surface area contributed by atoms with Gasteiger partial charge in [0.1, 0.15) is 24.4 Å². The fraction of sp³-hybridized carbons (Fsp3) is 0.636. The van der Waals surface area contributed by atoms with Crippen molar-refractivity contribution in [2.45, 2.75) is 37.9 Å². The third kappa shape index (κ3) is 6.73. The Morgan fingerprint density at radius 1 is 1.06 bits per heavy atom. The molecule has 0 aromatic carbocycles. The van der Waals surface area contributed by atoms with E-state index in [1.165, 1.54) is 6.92 Å². The molecule has 0 bridgehead atoms. The van der Waals surface area contributed by atoms with Gasteiger partial charge in [0.15, 0.2) is 0 Å². The molecule has 1 aliphatic heterocycles. The summed E-state index contributed by atoms with van der Waals surface area (Å²) in [4.78, 5) is 61.7. The number of nitrogens with zero attached hydrogens (tertiary/aromatic N) is 1. The summed E-state index contributed by atoms with van der Waals surface area (Å²) in [5.74, 6) is 0. The number of hydrogen-bond acceptors (Lipinski definition) is 11. The molecule has 0 spiro atoms. The van der Waals surface area contributed by atoms with Crippen molar-refractivity contribution in [3.05, 3.63) is 32.6 Å². The molecule has 2 unspecified atom stereocenters. The van der Waals surface area contributed by atoms with Crippen molar-refractivity contribution in [1.82, 2.24) is 9.55 Å². The van der Waals surface area contributed by atoms with Gasteiger partial charge in [0, 0.05) is 12.7 Å². The Balaban J connectivity index is 2.12. The van der Waals surface area contributed by atoms with Gasteiger partial charge in [0.25, 0.3) is 5.56 Å². The number of hydrogen-bond donors (Lipinski definition) is 7. The van der Waals surface area contributed by atoms with E-state index in [2.05, 4.69) is 18.1 Å². The van der Waals surface area contributed by atoms with Crippen molar-refractivity contribution < 1.29 is 61.4 Å². The Morgan fingerprint density at radius 3 is 2.23 bits per heavy atom. The summed E-state index contributed by atoms with van der Waals surface area (Å²) in [6.07, 6.45) is -5.60. The number of aliphatic hydroxyl groups is 2. The molecule has 0 amide bonds. The largest absolute Gasteiger partial charge is 0.490 e. The minimum atomic E-state index is -5.74. The van der Waals surface area contributed by atoms with Gasteiger partial charge in [-0.05, 0) is 6.92 Å². The molecule has 20 heteroatoms. The maximum atomic E-state index is 12.4. The van der Waals surface area contributed by atoms with Gasteiger partial charge < -0.3 is 39.5 Å². The molecule has 2 heterocycles. The molecule has 1 saturated heterocycles. The maximum Gasteiger partial charge on any atom is 0.490 e. The van der Waals surface area contributed by atoms with Crippen LogP contribution in [0.25, 0.3) is 0 Å². The third-order valence-electron chi connectivity index (χ3n) is 3.89. The number of ether oxygens (including phenoxy) is 1. The molecule has 178 valence electrons. The van der Waals surface area contributed by atoms with Crippen LogP contribution >= 0.6 is 23.5 Å². The van der Waals surface area contributed by atoms with Gasteiger partial charge in [0.05, 0.1) is 12.2 Å². The van der Waals surface area contributed by atoms with E-state index in [-0.39, 0.29) is 12.1 Å². The van der Waals surface area contributed by atoms with Crippen LogP contribution in [0.5, 0.6) is 0 Å². The molecular weight excluding hydrogens is 493 g/mol. The van der Waals surface area contributed by atoms with Crippen molar-refractivity contribution in [2.24, 2.45) is 0 Å². The zero-order chi connectivity index (χ0) is 23.8. The van der Waals surface area contributed by atoms with Crippen LogP contribution in [0.3, 0.4) is 0 Å². The van der Waals surface area contributed by atoms with Gasteiger partial charge in [-0.25, -0.2) is 18.5 Å². The standard InChI is InChI=1S/C11H19N2O15P3/c1-2-13-10(16)5(3-12-11(13)17)9-8(15)7(14)6(26-9)4-25-30(21,22)28-31(23,24)27-29(18,19)20/h3,6-9,14-15H,2,4H2,1H3,(H,12,17)(H,21,22)(H,23,24)(H2,18,19,20)/t6-,7-,8-,9+/m1/s1. The van der Waals surface area contributed by atoms with Crippen LogP contribution in [0.1, 0.15) is 18.6 Å². The van der Waals surface area contributed by atoms with Gasteiger partial charge in [-0.2, -0.15) is 8.62 Å². The highest BCUT2D eigenvalue weighted by Gasteiger charge is 2.47. The summed E-state index contributed by atoms with van der Waals surface area (Å²) in [5, 5.41) is 20.2. The van der Waals surface area contributed by atoms with Crippen molar-refractivity contribution in [3.8, 4) is 0 Å². The second-order valence-electron chi connectivity index (χ2n) is 6.06. The topological polar surface area (TPSA) is 264 Å². The lowest BCUT2D eigenvalue weighted by molar-refractivity contribution is -0.0228. The highest BCUT2D eigenvalue weighted by molar-refractivity contribution is 7.66. The first-order chi connectivity index (χ1) is 14.1. The van der Waals surface area contributed by atoms with E-state index < -0.39 is 65.7 Å². The molecule has 31 heavy (non-hydrogen) atoms. The van der Waals surface area contributed by atoms with E-state index >= 15 is 0 Å². The van der Waals surface area contributed by atoms with E-state index in [4.69, 9.17) is 19.4 Å². The lowest BCUT2D eigenvalue weighted by Crippen LogP contribution is -2.39. The van der Waals surface area contributed by atoms with Crippen LogP contribution in [-0.4, -0.2) is 64.3 Å². The van der Waals surface area contributed by atoms with E-state index in [0.29, 0.717) is 0 Å². The van der Waals surface area contributed by atoms with Gasteiger partial charge in [0.2, 0.25) is 0 Å². The predicted octanol–water partition coefficient (Wildman–Crippen LogP) is -1.94. The molecule has 0 saturated carbocycles. The highest BCUT2D eigenvalue weighted by Crippen LogP contribution is 2.66. The molecule has 0 aliphatic carbocycles. The molecule has 7 N–H and O–H groups in total. The summed E-state index contributed by atoms with van der Waals surface area (Å²) in [7, 11) is -16.8. The minimum absolute atomic E-state index is 0.0111. The lowest BCUT2D eigenvalue weighted by Gasteiger charge is -2.19. The number of nitrogens with one attached hydrogen (secondary N) is 1. The summed E-state index contributed by atoms with van der Waals surface area (Å²) < 4.78 is 51.1. The summed E-state index contributed by atoms with van der Waals surface area (Å²) >= 11 is 0. The zero-order valence-corrected chi connectivity index (χ0v) is 18.1. The van der Waals surface area contributed by atoms with Gasteiger partial charge >= 0.3 is 29.2 Å². The third-order valence-corrected chi connectivity index (χ3v) is 7.69. The second kappa shape index (κ2) is 9.45. The molecule has 0 radical (unpaired) electrons. The van der Waals surface area contributed by atoms with Crippen molar-refractivity contribution in [2.75, 3.05) is 6.61 Å². The molecule has 6 atom stereocenters. The van der Waals surface area contributed by atoms with Crippen LogP contribution < -0.4 is 11.2 Å². The summed E-state index contributed by atoms with van der Waals surface area (Å²) in [5.41, 5.74) is -1.79. The number of aromatic amines is 1. The Kier molecular flexibility index (Phi) is 7.99. The van der Waals surface area contributed by atoms with Crippen LogP contribution in [0.15, 0.2) is 15.8 Å². The maximum absolute atomic E-state index is 12.4. The van der Waals surface area contributed by atoms with E-state index in [0.717, 1.165) is 10.8 Å². The number of aromatic nitrogens is 2. The number of phosphoric ester groups is 1. The van der Waals surface area contributed by atoms with Gasteiger partial charge in [-0.3, -0.25) is 13.9 Å². The van der Waals surface area contributed by atoms with Crippen LogP contribution in [-0.2, 0) is 38.1 Å². The predicted molar refractivity (Wildman–Crippen MR) is 96.4 cm³/mol. The first kappa shape index (κ1) is 26.2. The molecule has 1 aromatic rings. The fourth-order valence-electron chi connectivity index (χ4n) is 2.63. The number of H-pyrrole nitrogens is 1. The average molecular weight is 512 g/mol. The Hall–Kier alpha value is -1.03. The monoisotopic (exact) mass is 512 g/mol. The summed E-state index contributed by atoms with van der Waals surface area (Å²) in [6, 6.07) is 0. The average Bonchev–Trinajstić information content (AvgIpc) is 2.86. The van der Waals surface area contributed by atoms with Crippen molar-refractivity contribution in [3.63, 3.8) is 0 Å². The second-order valence-corrected chi connectivity index (χ2v) is 10.5. The van der Waals surface area contributed by atoms with Crippen LogP contribution in [0, 0.1) is 0 Å². The lowest BCUT2D eigenvalue weighted by atomic mass is 10.0. The molecule has 2 rings (SSSR count). The van der Waals surface area contributed by atoms with E-state index in [1.54, 1.807) is 0 Å². The Morgan fingerprint density at radius 2 is 1.68 bits per heavy atom. The molecule has 1 fully saturated rings. The zero-order valence-electron chi connectivity index (χ0n) is 15.4. The fourth-order valence-corrected chi connectivity index (χ4v) is 5.66. The van der Waals surface area contributed by atoms with E-state index in [9.17, 15) is 38.4 Å². The Labute approximate surface area is 172 Å². The van der Waals surface area contributed by atoms with Crippen LogP contribution in [0.4, 0.5) is 0 Å². The molecular formula is C11H19N2O15P3. The Bertz CT molecular complexity index is 1060. The first-order valence-electron chi connectivity index (χ1n) is 8.19. The molecule has 17 nitrogen and oxygen atoms in total. The normalized spacial score (nSPS) is 28.2. The van der Waals surface area contributed by atoms with Gasteiger partial charge in [-0.1, -0.05) is 0 Å². The number of phosphoric acid groups is 3. The SMILES string of the molecule is CCn1c(=O)[nH]cc([C@@H]2O[C@H](COP(=O)(O)OP(=O)(O)OP(=O)(O)O)[C@@H](O)[C@H]2O)c1=O. The van der Waals surface area contributed by atoms with E-state index in [1.807, 2.05) is 0 Å². The van der Waals surface area contributed by atoms with Crippen LogP contribution in [0.2, 0.25) is 0 Å². The van der Waals surface area contributed by atoms with Crippen molar-refractivity contribution >= 4 is 23.5 Å². The highest BCUT2D eigenvalue weighted by atomic mass is 31.3.